The van der Waals surface area contributed by atoms with Gasteiger partial charge in [-0.15, -0.1) is 0 Å². The predicted octanol–water partition coefficient (Wildman–Crippen LogP) is 0.297. The summed E-state index contributed by atoms with van der Waals surface area (Å²) in [7, 11) is 0. The Labute approximate surface area is 67.0 Å². The number of ether oxygens (including phenoxy) is 1. The molecule has 1 rings (SSSR count). The summed E-state index contributed by atoms with van der Waals surface area (Å²) in [6.45, 7) is 2.37. The number of aliphatic hydroxyl groups is 2. The van der Waals surface area contributed by atoms with Crippen molar-refractivity contribution >= 4 is 0 Å². The Bertz CT molecular complexity index is 116. The lowest BCUT2D eigenvalue weighted by Gasteiger charge is -2.30. The van der Waals surface area contributed by atoms with E-state index in [-0.39, 0.29) is 12.7 Å². The van der Waals surface area contributed by atoms with E-state index in [2.05, 4.69) is 6.92 Å². The minimum absolute atomic E-state index is 0.151. The molecule has 11 heavy (non-hydrogen) atoms. The van der Waals surface area contributed by atoms with Crippen LogP contribution in [0, 0.1) is 0 Å². The smallest absolute Gasteiger partial charge is 0.103 e. The zero-order valence-electron chi connectivity index (χ0n) is 6.86. The van der Waals surface area contributed by atoms with Gasteiger partial charge in [0.15, 0.2) is 0 Å². The monoisotopic (exact) mass is 160 g/mol. The summed E-state index contributed by atoms with van der Waals surface area (Å²) in [5.41, 5.74) is 0. The van der Waals surface area contributed by atoms with E-state index in [1.165, 1.54) is 0 Å². The standard InChI is InChI=1S/C8H16O3/c1-2-3-6-4-7(9)8(10)5-11-6/h6-10H,2-5H2,1H3/t6-,7+,8-/m1/s1. The molecule has 3 heteroatoms. The van der Waals surface area contributed by atoms with Gasteiger partial charge in [-0.25, -0.2) is 0 Å². The van der Waals surface area contributed by atoms with Gasteiger partial charge < -0.3 is 14.9 Å². The van der Waals surface area contributed by atoms with E-state index in [4.69, 9.17) is 9.84 Å². The molecule has 0 aromatic heterocycles. The Morgan fingerprint density at radius 2 is 2.09 bits per heavy atom. The van der Waals surface area contributed by atoms with Crippen molar-refractivity contribution in [3.8, 4) is 0 Å². The lowest BCUT2D eigenvalue weighted by atomic mass is 10.0. The van der Waals surface area contributed by atoms with Gasteiger partial charge in [0.25, 0.3) is 0 Å². The molecule has 0 spiro atoms. The molecule has 1 fully saturated rings. The molecule has 3 nitrogen and oxygen atoms in total. The average Bonchev–Trinajstić information content (AvgIpc) is 1.98. The number of hydrogen-bond acceptors (Lipinski definition) is 3. The van der Waals surface area contributed by atoms with E-state index in [0.717, 1.165) is 12.8 Å². The van der Waals surface area contributed by atoms with Crippen LogP contribution in [0.4, 0.5) is 0 Å². The van der Waals surface area contributed by atoms with E-state index in [1.54, 1.807) is 0 Å². The molecule has 1 heterocycles. The van der Waals surface area contributed by atoms with Gasteiger partial charge in [0.05, 0.1) is 18.8 Å². The molecular weight excluding hydrogens is 144 g/mol. The summed E-state index contributed by atoms with van der Waals surface area (Å²) in [4.78, 5) is 0. The number of rotatable bonds is 2. The molecule has 0 unspecified atom stereocenters. The molecule has 0 bridgehead atoms. The first-order chi connectivity index (χ1) is 5.24. The molecule has 1 aliphatic rings. The first kappa shape index (κ1) is 8.97. The normalized spacial score (nSPS) is 39.0. The molecule has 0 amide bonds. The molecule has 0 aromatic rings. The van der Waals surface area contributed by atoms with Gasteiger partial charge in [-0.3, -0.25) is 0 Å². The molecule has 0 saturated carbocycles. The van der Waals surface area contributed by atoms with E-state index in [9.17, 15) is 5.11 Å². The molecule has 0 aliphatic carbocycles. The van der Waals surface area contributed by atoms with Crippen LogP contribution in [0.2, 0.25) is 0 Å². The average molecular weight is 160 g/mol. The molecule has 0 aromatic carbocycles. The molecular formula is C8H16O3. The van der Waals surface area contributed by atoms with Crippen LogP contribution in [-0.2, 0) is 4.74 Å². The van der Waals surface area contributed by atoms with Gasteiger partial charge in [0, 0.05) is 6.42 Å². The number of aliphatic hydroxyl groups excluding tert-OH is 2. The van der Waals surface area contributed by atoms with Crippen LogP contribution in [0.25, 0.3) is 0 Å². The quantitative estimate of drug-likeness (QED) is 0.610. The third-order valence-electron chi connectivity index (χ3n) is 2.06. The maximum Gasteiger partial charge on any atom is 0.103 e. The van der Waals surface area contributed by atoms with Crippen molar-refractivity contribution < 1.29 is 14.9 Å². The Morgan fingerprint density at radius 1 is 1.36 bits per heavy atom. The second-order valence-corrected chi connectivity index (χ2v) is 3.11. The fourth-order valence-corrected chi connectivity index (χ4v) is 1.36. The highest BCUT2D eigenvalue weighted by Gasteiger charge is 2.27. The Morgan fingerprint density at radius 3 is 2.64 bits per heavy atom. The van der Waals surface area contributed by atoms with Crippen molar-refractivity contribution in [3.63, 3.8) is 0 Å². The molecule has 66 valence electrons. The van der Waals surface area contributed by atoms with Crippen molar-refractivity contribution in [2.24, 2.45) is 0 Å². The van der Waals surface area contributed by atoms with Crippen LogP contribution in [0.3, 0.4) is 0 Å². The maximum absolute atomic E-state index is 9.24. The van der Waals surface area contributed by atoms with Crippen LogP contribution >= 0.6 is 0 Å². The summed E-state index contributed by atoms with van der Waals surface area (Å²) < 4.78 is 5.29. The minimum atomic E-state index is -0.678. The molecule has 0 radical (unpaired) electrons. The second kappa shape index (κ2) is 4.04. The summed E-state index contributed by atoms with van der Waals surface area (Å²) in [5, 5.41) is 18.3. The van der Waals surface area contributed by atoms with Crippen LogP contribution in [0.5, 0.6) is 0 Å². The Balaban J connectivity index is 2.28. The topological polar surface area (TPSA) is 49.7 Å². The highest BCUT2D eigenvalue weighted by atomic mass is 16.5. The van der Waals surface area contributed by atoms with E-state index >= 15 is 0 Å². The first-order valence-corrected chi connectivity index (χ1v) is 4.21. The van der Waals surface area contributed by atoms with Crippen LogP contribution in [0.1, 0.15) is 26.2 Å². The minimum Gasteiger partial charge on any atom is -0.390 e. The third kappa shape index (κ3) is 2.43. The Kier molecular flexibility index (Phi) is 3.30. The van der Waals surface area contributed by atoms with Gasteiger partial charge in [0.2, 0.25) is 0 Å². The SMILES string of the molecule is CCC[C@@H]1C[C@H](O)[C@H](O)CO1. The van der Waals surface area contributed by atoms with Gasteiger partial charge in [-0.05, 0) is 6.42 Å². The van der Waals surface area contributed by atoms with Gasteiger partial charge >= 0.3 is 0 Å². The highest BCUT2D eigenvalue weighted by Crippen LogP contribution is 2.17. The molecule has 2 N–H and O–H groups in total. The maximum atomic E-state index is 9.24. The lowest BCUT2D eigenvalue weighted by Crippen LogP contribution is -2.41. The number of hydrogen-bond donors (Lipinski definition) is 2. The molecule has 3 atom stereocenters. The summed E-state index contributed by atoms with van der Waals surface area (Å²) in [5.74, 6) is 0. The van der Waals surface area contributed by atoms with Crippen LogP contribution in [-0.4, -0.2) is 35.1 Å². The zero-order valence-corrected chi connectivity index (χ0v) is 6.86. The van der Waals surface area contributed by atoms with E-state index < -0.39 is 12.2 Å². The van der Waals surface area contributed by atoms with Crippen LogP contribution in [0.15, 0.2) is 0 Å². The van der Waals surface area contributed by atoms with Crippen molar-refractivity contribution in [1.82, 2.24) is 0 Å². The predicted molar refractivity (Wildman–Crippen MR) is 41.3 cm³/mol. The summed E-state index contributed by atoms with van der Waals surface area (Å²) in [6, 6.07) is 0. The summed E-state index contributed by atoms with van der Waals surface area (Å²) >= 11 is 0. The second-order valence-electron chi connectivity index (χ2n) is 3.11. The van der Waals surface area contributed by atoms with Crippen molar-refractivity contribution in [2.45, 2.75) is 44.5 Å². The van der Waals surface area contributed by atoms with Crippen LogP contribution < -0.4 is 0 Å². The van der Waals surface area contributed by atoms with Gasteiger partial charge in [-0.2, -0.15) is 0 Å². The molecule has 1 aliphatic heterocycles. The van der Waals surface area contributed by atoms with Crippen molar-refractivity contribution in [3.05, 3.63) is 0 Å². The van der Waals surface area contributed by atoms with Crippen molar-refractivity contribution in [1.29, 1.82) is 0 Å². The fourth-order valence-electron chi connectivity index (χ4n) is 1.36. The van der Waals surface area contributed by atoms with E-state index in [1.807, 2.05) is 0 Å². The largest absolute Gasteiger partial charge is 0.390 e. The van der Waals surface area contributed by atoms with Gasteiger partial charge in [-0.1, -0.05) is 13.3 Å². The Hall–Kier alpha value is -0.120. The lowest BCUT2D eigenvalue weighted by molar-refractivity contribution is -0.122. The molecule has 1 saturated heterocycles. The summed E-state index contributed by atoms with van der Waals surface area (Å²) in [6.07, 6.45) is 1.51. The first-order valence-electron chi connectivity index (χ1n) is 4.21. The van der Waals surface area contributed by atoms with E-state index in [0.29, 0.717) is 6.42 Å². The van der Waals surface area contributed by atoms with Gasteiger partial charge in [0.1, 0.15) is 6.10 Å². The fraction of sp³-hybridized carbons (Fsp3) is 1.00. The third-order valence-corrected chi connectivity index (χ3v) is 2.06. The highest BCUT2D eigenvalue weighted by molar-refractivity contribution is 4.76. The zero-order chi connectivity index (χ0) is 8.27. The van der Waals surface area contributed by atoms with Crippen molar-refractivity contribution in [2.75, 3.05) is 6.61 Å².